The van der Waals surface area contributed by atoms with E-state index >= 15 is 0 Å². The third kappa shape index (κ3) is 4.60. The fraction of sp³-hybridized carbons (Fsp3) is 0.357. The average molecular weight is 339 g/mol. The molecule has 0 fully saturated rings. The molecule has 0 aliphatic carbocycles. The molecule has 0 amide bonds. The van der Waals surface area contributed by atoms with Gasteiger partial charge in [0.15, 0.2) is 5.78 Å². The average Bonchev–Trinajstić information content (AvgIpc) is 2.95. The van der Waals surface area contributed by atoms with E-state index in [1.807, 2.05) is 0 Å². The smallest absolute Gasteiger partial charge is 0.265 e. The molecule has 0 aliphatic heterocycles. The van der Waals surface area contributed by atoms with Crippen LogP contribution in [0.15, 0.2) is 24.3 Å². The first-order chi connectivity index (χ1) is 10.8. The van der Waals surface area contributed by atoms with Crippen molar-refractivity contribution in [2.24, 2.45) is 0 Å². The highest BCUT2D eigenvalue weighted by Crippen LogP contribution is 2.25. The second-order valence-corrected chi connectivity index (χ2v) is 6.57. The topological polar surface area (TPSA) is 111 Å². The lowest BCUT2D eigenvalue weighted by atomic mass is 10.0. The SMILES string of the molecule is COc1ccc(CC(OS(C)(=O)=O)c2nn[nH]c2C(C)=O)cc1. The molecule has 0 bridgehead atoms. The van der Waals surface area contributed by atoms with Crippen LogP contribution >= 0.6 is 0 Å². The first kappa shape index (κ1) is 17.1. The van der Waals surface area contributed by atoms with Crippen molar-refractivity contribution in [2.45, 2.75) is 19.4 Å². The van der Waals surface area contributed by atoms with Crippen molar-refractivity contribution in [1.82, 2.24) is 15.4 Å². The number of hydrogen-bond acceptors (Lipinski definition) is 7. The van der Waals surface area contributed by atoms with Crippen molar-refractivity contribution >= 4 is 15.9 Å². The number of methoxy groups -OCH3 is 1. The molecule has 2 rings (SSSR count). The van der Waals surface area contributed by atoms with Crippen LogP contribution in [0.1, 0.15) is 34.8 Å². The van der Waals surface area contributed by atoms with Gasteiger partial charge in [-0.2, -0.15) is 8.42 Å². The maximum atomic E-state index is 11.6. The van der Waals surface area contributed by atoms with Crippen molar-refractivity contribution in [3.63, 3.8) is 0 Å². The first-order valence-corrected chi connectivity index (χ1v) is 8.55. The van der Waals surface area contributed by atoms with Crippen molar-refractivity contribution < 1.29 is 22.1 Å². The highest BCUT2D eigenvalue weighted by atomic mass is 32.2. The Morgan fingerprint density at radius 1 is 1.30 bits per heavy atom. The van der Waals surface area contributed by atoms with E-state index in [4.69, 9.17) is 8.92 Å². The zero-order valence-electron chi connectivity index (χ0n) is 12.9. The molecular formula is C14H17N3O5S. The maximum absolute atomic E-state index is 11.6. The van der Waals surface area contributed by atoms with E-state index in [1.54, 1.807) is 31.4 Å². The minimum Gasteiger partial charge on any atom is -0.497 e. The minimum absolute atomic E-state index is 0.132. The molecule has 1 atom stereocenters. The lowest BCUT2D eigenvalue weighted by Gasteiger charge is -2.15. The summed E-state index contributed by atoms with van der Waals surface area (Å²) >= 11 is 0. The number of aromatic amines is 1. The van der Waals surface area contributed by atoms with Gasteiger partial charge in [-0.1, -0.05) is 17.3 Å². The lowest BCUT2D eigenvalue weighted by molar-refractivity contribution is 0.100. The Labute approximate surface area is 133 Å². The Bertz CT molecular complexity index is 783. The minimum atomic E-state index is -3.74. The van der Waals surface area contributed by atoms with Crippen LogP contribution in [-0.2, 0) is 20.7 Å². The van der Waals surface area contributed by atoms with Gasteiger partial charge in [0, 0.05) is 13.3 Å². The number of ketones is 1. The van der Waals surface area contributed by atoms with Gasteiger partial charge in [-0.15, -0.1) is 5.10 Å². The second-order valence-electron chi connectivity index (χ2n) is 4.97. The normalized spacial score (nSPS) is 12.8. The summed E-state index contributed by atoms with van der Waals surface area (Å²) in [6.45, 7) is 1.34. The molecule has 9 heteroatoms. The van der Waals surface area contributed by atoms with Gasteiger partial charge in [0.05, 0.1) is 13.4 Å². The summed E-state index contributed by atoms with van der Waals surface area (Å²) in [4.78, 5) is 11.6. The summed E-state index contributed by atoms with van der Waals surface area (Å²) < 4.78 is 33.2. The zero-order valence-corrected chi connectivity index (χ0v) is 13.8. The second kappa shape index (κ2) is 6.88. The molecule has 124 valence electrons. The van der Waals surface area contributed by atoms with Gasteiger partial charge in [0.25, 0.3) is 10.1 Å². The number of rotatable bonds is 7. The number of nitrogens with zero attached hydrogens (tertiary/aromatic N) is 2. The van der Waals surface area contributed by atoms with Gasteiger partial charge in [-0.25, -0.2) is 0 Å². The summed E-state index contributed by atoms with van der Waals surface area (Å²) in [7, 11) is -2.19. The van der Waals surface area contributed by atoms with Crippen LogP contribution in [0.3, 0.4) is 0 Å². The van der Waals surface area contributed by atoms with Crippen molar-refractivity contribution in [1.29, 1.82) is 0 Å². The Kier molecular flexibility index (Phi) is 5.12. The summed E-state index contributed by atoms with van der Waals surface area (Å²) in [5, 5.41) is 9.85. The quantitative estimate of drug-likeness (QED) is 0.597. The molecule has 0 radical (unpaired) electrons. The third-order valence-electron chi connectivity index (χ3n) is 3.10. The summed E-state index contributed by atoms with van der Waals surface area (Å²) in [6, 6.07) is 7.07. The van der Waals surface area contributed by atoms with Crippen LogP contribution < -0.4 is 4.74 Å². The standard InChI is InChI=1S/C14H17N3O5S/c1-9(18)13-14(16-17-15-13)12(22-23(3,19)20)8-10-4-6-11(21-2)7-5-10/h4-7,12H,8H2,1-3H3,(H,15,16,17). The van der Waals surface area contributed by atoms with Gasteiger partial charge in [0.1, 0.15) is 23.2 Å². The maximum Gasteiger partial charge on any atom is 0.265 e. The van der Waals surface area contributed by atoms with Crippen LogP contribution in [0.5, 0.6) is 5.75 Å². The van der Waals surface area contributed by atoms with Crippen LogP contribution in [0.25, 0.3) is 0 Å². The van der Waals surface area contributed by atoms with Crippen molar-refractivity contribution in [3.8, 4) is 5.75 Å². The molecule has 8 nitrogen and oxygen atoms in total. The van der Waals surface area contributed by atoms with Crippen LogP contribution in [-0.4, -0.2) is 43.0 Å². The molecule has 0 saturated carbocycles. The number of Topliss-reactive ketones (excluding diaryl/α,β-unsaturated/α-hetero) is 1. The fourth-order valence-electron chi connectivity index (χ4n) is 2.08. The Morgan fingerprint density at radius 2 is 1.96 bits per heavy atom. The molecule has 1 N–H and O–H groups in total. The van der Waals surface area contributed by atoms with E-state index in [0.717, 1.165) is 11.8 Å². The van der Waals surface area contributed by atoms with Crippen LogP contribution in [0.2, 0.25) is 0 Å². The van der Waals surface area contributed by atoms with E-state index < -0.39 is 16.2 Å². The number of hydrogen-bond donors (Lipinski definition) is 1. The predicted octanol–water partition coefficient (Wildman–Crippen LogP) is 1.28. The molecule has 1 aromatic carbocycles. The van der Waals surface area contributed by atoms with E-state index in [1.165, 1.54) is 6.92 Å². The van der Waals surface area contributed by atoms with Gasteiger partial charge >= 0.3 is 0 Å². The molecule has 0 aliphatic rings. The molecule has 23 heavy (non-hydrogen) atoms. The largest absolute Gasteiger partial charge is 0.497 e. The number of carbonyl (C=O) groups excluding carboxylic acids is 1. The number of carbonyl (C=O) groups is 1. The Hall–Kier alpha value is -2.26. The molecule has 1 unspecified atom stereocenters. The van der Waals surface area contributed by atoms with E-state index in [2.05, 4.69) is 15.4 Å². The first-order valence-electron chi connectivity index (χ1n) is 6.73. The molecule has 1 heterocycles. The van der Waals surface area contributed by atoms with Gasteiger partial charge in [-0.05, 0) is 17.7 Å². The lowest BCUT2D eigenvalue weighted by Crippen LogP contribution is -2.16. The van der Waals surface area contributed by atoms with E-state index in [0.29, 0.717) is 5.75 Å². The molecular weight excluding hydrogens is 322 g/mol. The zero-order chi connectivity index (χ0) is 17.0. The monoisotopic (exact) mass is 339 g/mol. The van der Waals surface area contributed by atoms with Crippen molar-refractivity contribution in [3.05, 3.63) is 41.2 Å². The molecule has 1 aromatic heterocycles. The summed E-state index contributed by atoms with van der Waals surface area (Å²) in [6.07, 6.45) is 0.210. The Balaban J connectivity index is 2.33. The fourth-order valence-corrected chi connectivity index (χ4v) is 2.66. The summed E-state index contributed by atoms with van der Waals surface area (Å²) in [5.41, 5.74) is 1.10. The van der Waals surface area contributed by atoms with Gasteiger partial charge in [0.2, 0.25) is 0 Å². The molecule has 0 saturated heterocycles. The number of aromatic nitrogens is 3. The third-order valence-corrected chi connectivity index (χ3v) is 3.69. The summed E-state index contributed by atoms with van der Waals surface area (Å²) in [5.74, 6) is 0.377. The number of nitrogens with one attached hydrogen (secondary N) is 1. The number of H-pyrrole nitrogens is 1. The highest BCUT2D eigenvalue weighted by molar-refractivity contribution is 7.86. The van der Waals surface area contributed by atoms with Crippen LogP contribution in [0, 0.1) is 0 Å². The highest BCUT2D eigenvalue weighted by Gasteiger charge is 2.26. The van der Waals surface area contributed by atoms with Gasteiger partial charge < -0.3 is 4.74 Å². The Morgan fingerprint density at radius 3 is 2.48 bits per heavy atom. The number of ether oxygens (including phenoxy) is 1. The molecule has 0 spiro atoms. The predicted molar refractivity (Wildman–Crippen MR) is 81.8 cm³/mol. The number of benzene rings is 1. The molecule has 2 aromatic rings. The van der Waals surface area contributed by atoms with Crippen molar-refractivity contribution in [2.75, 3.05) is 13.4 Å². The van der Waals surface area contributed by atoms with E-state index in [-0.39, 0.29) is 23.6 Å². The van der Waals surface area contributed by atoms with Crippen LogP contribution in [0.4, 0.5) is 0 Å². The van der Waals surface area contributed by atoms with Gasteiger partial charge in [-0.3, -0.25) is 14.1 Å². The van der Waals surface area contributed by atoms with E-state index in [9.17, 15) is 13.2 Å².